The Hall–Kier alpha value is -2.95. The number of hydrogen-bond donors (Lipinski definition) is 0. The monoisotopic (exact) mass is 338 g/mol. The molecule has 0 aliphatic carbocycles. The summed E-state index contributed by atoms with van der Waals surface area (Å²) in [7, 11) is 3.94. The molecule has 0 saturated carbocycles. The maximum absolute atomic E-state index is 13.2. The second kappa shape index (κ2) is 7.30. The first-order valence-corrected chi connectivity index (χ1v) is 8.04. The summed E-state index contributed by atoms with van der Waals surface area (Å²) in [4.78, 5) is 18.2. The lowest BCUT2D eigenvalue weighted by molar-refractivity contribution is -0.130. The first-order valence-electron chi connectivity index (χ1n) is 8.04. The smallest absolute Gasteiger partial charge is 0.363 e. The molecule has 0 atom stereocenters. The van der Waals surface area contributed by atoms with Gasteiger partial charge in [0.15, 0.2) is 11.6 Å². The van der Waals surface area contributed by atoms with E-state index >= 15 is 0 Å². The van der Waals surface area contributed by atoms with Crippen molar-refractivity contribution in [3.63, 3.8) is 0 Å². The Morgan fingerprint density at radius 2 is 1.88 bits per heavy atom. The number of carbonyl (C=O) groups excluding carboxylic acids is 1. The SMILES string of the molecule is CN(C)c1ccc(/C=C2/N=C(CCc3cccc(F)c3)OC2=O)cc1. The number of hydrogen-bond acceptors (Lipinski definition) is 4. The average Bonchev–Trinajstić information content (AvgIpc) is 2.93. The van der Waals surface area contributed by atoms with Crippen LogP contribution in [0.25, 0.3) is 6.08 Å². The number of carbonyl (C=O) groups is 1. The minimum absolute atomic E-state index is 0.274. The number of benzene rings is 2. The van der Waals surface area contributed by atoms with Crippen molar-refractivity contribution in [3.05, 3.63) is 71.2 Å². The van der Waals surface area contributed by atoms with Gasteiger partial charge < -0.3 is 9.64 Å². The minimum atomic E-state index is -0.453. The summed E-state index contributed by atoms with van der Waals surface area (Å²) in [5.74, 6) is -0.360. The molecule has 128 valence electrons. The van der Waals surface area contributed by atoms with Gasteiger partial charge in [0, 0.05) is 26.2 Å². The van der Waals surface area contributed by atoms with E-state index in [0.29, 0.717) is 18.7 Å². The van der Waals surface area contributed by atoms with Crippen molar-refractivity contribution in [2.75, 3.05) is 19.0 Å². The summed E-state index contributed by atoms with van der Waals surface area (Å²) < 4.78 is 18.4. The third-order valence-electron chi connectivity index (χ3n) is 3.89. The van der Waals surface area contributed by atoms with Gasteiger partial charge in [-0.3, -0.25) is 0 Å². The van der Waals surface area contributed by atoms with Crippen molar-refractivity contribution in [1.29, 1.82) is 0 Å². The van der Waals surface area contributed by atoms with Crippen molar-refractivity contribution in [2.24, 2.45) is 4.99 Å². The van der Waals surface area contributed by atoms with Gasteiger partial charge in [0.1, 0.15) is 5.82 Å². The van der Waals surface area contributed by atoms with Gasteiger partial charge in [-0.15, -0.1) is 0 Å². The van der Waals surface area contributed by atoms with E-state index in [1.54, 1.807) is 12.1 Å². The van der Waals surface area contributed by atoms with Crippen LogP contribution in [0, 0.1) is 5.82 Å². The van der Waals surface area contributed by atoms with Crippen molar-refractivity contribution in [2.45, 2.75) is 12.8 Å². The van der Waals surface area contributed by atoms with Gasteiger partial charge >= 0.3 is 5.97 Å². The molecule has 1 aliphatic heterocycles. The molecule has 0 aromatic heterocycles. The first-order chi connectivity index (χ1) is 12.0. The molecule has 0 bridgehead atoms. The number of rotatable bonds is 5. The van der Waals surface area contributed by atoms with Gasteiger partial charge in [-0.05, 0) is 47.9 Å². The maximum Gasteiger partial charge on any atom is 0.363 e. The Morgan fingerprint density at radius 3 is 2.56 bits per heavy atom. The predicted octanol–water partition coefficient (Wildman–Crippen LogP) is 3.82. The molecule has 0 radical (unpaired) electrons. The minimum Gasteiger partial charge on any atom is -0.407 e. The van der Waals surface area contributed by atoms with Crippen LogP contribution in [-0.4, -0.2) is 26.0 Å². The van der Waals surface area contributed by atoms with Gasteiger partial charge in [0.05, 0.1) is 0 Å². The van der Waals surface area contributed by atoms with Gasteiger partial charge in [0.2, 0.25) is 0 Å². The Balaban J connectivity index is 1.69. The zero-order valence-electron chi connectivity index (χ0n) is 14.2. The fraction of sp³-hybridized carbons (Fsp3) is 0.200. The number of esters is 1. The lowest BCUT2D eigenvalue weighted by Crippen LogP contribution is -2.08. The van der Waals surface area contributed by atoms with E-state index in [-0.39, 0.29) is 11.5 Å². The summed E-state index contributed by atoms with van der Waals surface area (Å²) in [6.45, 7) is 0. The Morgan fingerprint density at radius 1 is 1.12 bits per heavy atom. The fourth-order valence-corrected chi connectivity index (χ4v) is 2.53. The number of cyclic esters (lactones) is 1. The van der Waals surface area contributed by atoms with Crippen molar-refractivity contribution in [3.8, 4) is 0 Å². The van der Waals surface area contributed by atoms with E-state index in [9.17, 15) is 9.18 Å². The number of halogens is 1. The quantitative estimate of drug-likeness (QED) is 0.615. The van der Waals surface area contributed by atoms with E-state index in [1.165, 1.54) is 12.1 Å². The molecule has 0 N–H and O–H groups in total. The van der Waals surface area contributed by atoms with Crippen LogP contribution in [-0.2, 0) is 16.0 Å². The lowest BCUT2D eigenvalue weighted by atomic mass is 10.1. The molecule has 5 heteroatoms. The van der Waals surface area contributed by atoms with Crippen molar-refractivity contribution >= 4 is 23.6 Å². The molecule has 1 aliphatic rings. The van der Waals surface area contributed by atoms with Crippen molar-refractivity contribution < 1.29 is 13.9 Å². The number of anilines is 1. The molecule has 0 spiro atoms. The standard InChI is InChI=1S/C20H19FN2O2/c1-23(2)17-9-6-15(7-10-17)13-18-20(24)25-19(22-18)11-8-14-4-3-5-16(21)12-14/h3-7,9-10,12-13H,8,11H2,1-2H3/b18-13+. The van der Waals surface area contributed by atoms with E-state index in [0.717, 1.165) is 16.8 Å². The summed E-state index contributed by atoms with van der Waals surface area (Å²) in [6.07, 6.45) is 2.72. The maximum atomic E-state index is 13.2. The molecule has 2 aromatic rings. The van der Waals surface area contributed by atoms with E-state index in [4.69, 9.17) is 4.74 Å². The molecule has 0 fully saturated rings. The summed E-state index contributed by atoms with van der Waals surface area (Å²) in [5, 5.41) is 0. The van der Waals surface area contributed by atoms with Crippen molar-refractivity contribution in [1.82, 2.24) is 0 Å². The average molecular weight is 338 g/mol. The lowest BCUT2D eigenvalue weighted by Gasteiger charge is -2.11. The highest BCUT2D eigenvalue weighted by molar-refractivity contribution is 6.07. The van der Waals surface area contributed by atoms with Gasteiger partial charge in [0.25, 0.3) is 0 Å². The normalized spacial score (nSPS) is 15.2. The highest BCUT2D eigenvalue weighted by Gasteiger charge is 2.22. The molecular formula is C20H19FN2O2. The molecule has 25 heavy (non-hydrogen) atoms. The molecular weight excluding hydrogens is 319 g/mol. The third-order valence-corrected chi connectivity index (χ3v) is 3.89. The van der Waals surface area contributed by atoms with Gasteiger partial charge in [-0.2, -0.15) is 0 Å². The topological polar surface area (TPSA) is 41.9 Å². The van der Waals surface area contributed by atoms with Crippen LogP contribution in [0.5, 0.6) is 0 Å². The van der Waals surface area contributed by atoms with E-state index < -0.39 is 5.97 Å². The predicted molar refractivity (Wildman–Crippen MR) is 97.0 cm³/mol. The van der Waals surface area contributed by atoms with Crippen LogP contribution in [0.1, 0.15) is 17.5 Å². The zero-order valence-corrected chi connectivity index (χ0v) is 14.2. The van der Waals surface area contributed by atoms with Crippen LogP contribution in [0.4, 0.5) is 10.1 Å². The fourth-order valence-electron chi connectivity index (χ4n) is 2.53. The third kappa shape index (κ3) is 4.32. The highest BCUT2D eigenvalue weighted by Crippen LogP contribution is 2.20. The van der Waals surface area contributed by atoms with Crippen LogP contribution < -0.4 is 4.90 Å². The molecule has 0 saturated heterocycles. The van der Waals surface area contributed by atoms with E-state index in [1.807, 2.05) is 49.3 Å². The summed E-state index contributed by atoms with van der Waals surface area (Å²) in [5.41, 5.74) is 3.09. The number of aryl methyl sites for hydroxylation is 1. The molecule has 0 amide bonds. The largest absolute Gasteiger partial charge is 0.407 e. The molecule has 4 nitrogen and oxygen atoms in total. The van der Waals surface area contributed by atoms with Gasteiger partial charge in [-0.25, -0.2) is 14.2 Å². The number of ether oxygens (including phenoxy) is 1. The molecule has 1 heterocycles. The van der Waals surface area contributed by atoms with Crippen LogP contribution in [0.15, 0.2) is 59.2 Å². The highest BCUT2D eigenvalue weighted by atomic mass is 19.1. The number of aliphatic imine (C=N–C) groups is 1. The van der Waals surface area contributed by atoms with E-state index in [2.05, 4.69) is 4.99 Å². The Kier molecular flexibility index (Phi) is 4.93. The van der Waals surface area contributed by atoms with Gasteiger partial charge in [-0.1, -0.05) is 24.3 Å². The molecule has 0 unspecified atom stereocenters. The summed E-state index contributed by atoms with van der Waals surface area (Å²) in [6, 6.07) is 14.2. The van der Waals surface area contributed by atoms with Crippen LogP contribution >= 0.6 is 0 Å². The second-order valence-corrected chi connectivity index (χ2v) is 6.04. The zero-order chi connectivity index (χ0) is 17.8. The Bertz CT molecular complexity index is 839. The van der Waals surface area contributed by atoms with Crippen LogP contribution in [0.2, 0.25) is 0 Å². The van der Waals surface area contributed by atoms with Crippen LogP contribution in [0.3, 0.4) is 0 Å². The summed E-state index contributed by atoms with van der Waals surface area (Å²) >= 11 is 0. The second-order valence-electron chi connectivity index (χ2n) is 6.04. The number of nitrogens with zero attached hydrogens (tertiary/aromatic N) is 2. The first kappa shape index (κ1) is 16.9. The molecule has 3 rings (SSSR count). The Labute approximate surface area is 146 Å². The molecule has 2 aromatic carbocycles.